The molecule has 0 atom stereocenters. The maximum absolute atomic E-state index is 3.67. The van der Waals surface area contributed by atoms with Gasteiger partial charge in [-0.15, -0.1) is 11.1 Å². The van der Waals surface area contributed by atoms with Gasteiger partial charge in [-0.1, -0.05) is 65.3 Å². The molecule has 0 aromatic heterocycles. The van der Waals surface area contributed by atoms with Crippen LogP contribution in [0.5, 0.6) is 0 Å². The van der Waals surface area contributed by atoms with Gasteiger partial charge in [-0.25, -0.2) is 0 Å². The fourth-order valence-electron chi connectivity index (χ4n) is 3.03. The number of fused-ring (bicyclic) bond motifs is 3. The summed E-state index contributed by atoms with van der Waals surface area (Å²) in [4.78, 5) is 0. The van der Waals surface area contributed by atoms with Gasteiger partial charge in [-0.05, 0) is 28.4 Å². The Kier molecular flexibility index (Phi) is 4.50. The first-order chi connectivity index (χ1) is 9.66. The summed E-state index contributed by atoms with van der Waals surface area (Å²) in [6, 6.07) is 15.2. The van der Waals surface area contributed by atoms with Crippen LogP contribution in [-0.2, 0) is 39.0 Å². The fourth-order valence-corrected chi connectivity index (χ4v) is 3.03. The summed E-state index contributed by atoms with van der Waals surface area (Å²) in [5.74, 6) is 0. The molecule has 0 N–H and O–H groups in total. The van der Waals surface area contributed by atoms with E-state index >= 15 is 0 Å². The first-order valence-corrected chi connectivity index (χ1v) is 7.86. The van der Waals surface area contributed by atoms with Crippen molar-refractivity contribution >= 4 is 0 Å². The third-order valence-corrected chi connectivity index (χ3v) is 4.46. The van der Waals surface area contributed by atoms with Gasteiger partial charge in [-0.2, -0.15) is 23.8 Å². The largest absolute Gasteiger partial charge is 0.175 e. The van der Waals surface area contributed by atoms with Crippen molar-refractivity contribution in [3.63, 3.8) is 0 Å². The number of rotatable bonds is 0. The smallest absolute Gasteiger partial charge is 0 e. The van der Waals surface area contributed by atoms with Crippen LogP contribution in [0.25, 0.3) is 11.1 Å². The minimum Gasteiger partial charge on any atom is -0.175 e. The van der Waals surface area contributed by atoms with E-state index in [0.29, 0.717) is 0 Å². The molecule has 0 radical (unpaired) electrons. The topological polar surface area (TPSA) is 0 Å². The van der Waals surface area contributed by atoms with Crippen LogP contribution in [0, 0.1) is 6.07 Å². The Morgan fingerprint density at radius 1 is 0.818 bits per heavy atom. The average molecular weight is 325 g/mol. The van der Waals surface area contributed by atoms with Crippen LogP contribution in [0.3, 0.4) is 0 Å². The van der Waals surface area contributed by atoms with Gasteiger partial charge in [0.1, 0.15) is 0 Å². The van der Waals surface area contributed by atoms with Crippen molar-refractivity contribution in [2.45, 2.75) is 58.8 Å². The van der Waals surface area contributed by atoms with Gasteiger partial charge < -0.3 is 0 Å². The molecule has 0 nitrogen and oxygen atoms in total. The maximum Gasteiger partial charge on any atom is 0 e. The van der Waals surface area contributed by atoms with E-state index in [1.807, 2.05) is 0 Å². The molecule has 114 valence electrons. The molecule has 0 heterocycles. The second-order valence-corrected chi connectivity index (χ2v) is 8.31. The zero-order valence-corrected chi connectivity index (χ0v) is 16.2. The minimum absolute atomic E-state index is 0. The quantitative estimate of drug-likeness (QED) is 0.370. The van der Waals surface area contributed by atoms with Crippen LogP contribution in [0.2, 0.25) is 0 Å². The Bertz CT molecular complexity index is 635. The van der Waals surface area contributed by atoms with Gasteiger partial charge in [0, 0.05) is 21.7 Å². The van der Waals surface area contributed by atoms with Crippen molar-refractivity contribution in [1.29, 1.82) is 0 Å². The first-order valence-electron chi connectivity index (χ1n) is 7.86. The summed E-state index contributed by atoms with van der Waals surface area (Å²) >= 11 is 0. The predicted molar refractivity (Wildman–Crippen MR) is 90.9 cm³/mol. The van der Waals surface area contributed by atoms with Crippen LogP contribution in [0.1, 0.15) is 63.8 Å². The van der Waals surface area contributed by atoms with Gasteiger partial charge >= 0.3 is 0 Å². The molecule has 0 spiro atoms. The SMILES string of the molecule is CC(C)(C)c1[c-]c2c(cc1)-c1ccc(C(C)(C)C)cc1C2.[Ti]. The molecule has 0 saturated carbocycles. The van der Waals surface area contributed by atoms with Gasteiger partial charge in [-0.3, -0.25) is 0 Å². The second kappa shape index (κ2) is 5.66. The summed E-state index contributed by atoms with van der Waals surface area (Å²) in [6.07, 6.45) is 1.03. The van der Waals surface area contributed by atoms with E-state index in [0.717, 1.165) is 6.42 Å². The molecule has 3 rings (SSSR count). The third kappa shape index (κ3) is 3.10. The molecule has 0 aliphatic heterocycles. The summed E-state index contributed by atoms with van der Waals surface area (Å²) in [6.45, 7) is 13.6. The molecule has 0 fully saturated rings. The molecule has 0 saturated heterocycles. The van der Waals surface area contributed by atoms with E-state index in [9.17, 15) is 0 Å². The normalized spacial score (nSPS) is 13.4. The van der Waals surface area contributed by atoms with E-state index in [4.69, 9.17) is 0 Å². The summed E-state index contributed by atoms with van der Waals surface area (Å²) < 4.78 is 0. The number of benzene rings is 2. The molecule has 22 heavy (non-hydrogen) atoms. The van der Waals surface area contributed by atoms with Gasteiger partial charge in [0.15, 0.2) is 0 Å². The summed E-state index contributed by atoms with van der Waals surface area (Å²) in [7, 11) is 0. The maximum atomic E-state index is 3.67. The molecule has 0 bridgehead atoms. The van der Waals surface area contributed by atoms with Crippen molar-refractivity contribution in [3.8, 4) is 11.1 Å². The molecule has 0 unspecified atom stereocenters. The molecule has 2 aromatic rings. The molecule has 2 aromatic carbocycles. The van der Waals surface area contributed by atoms with Crippen LogP contribution < -0.4 is 0 Å². The van der Waals surface area contributed by atoms with E-state index in [-0.39, 0.29) is 32.5 Å². The van der Waals surface area contributed by atoms with Gasteiger partial charge in [0.25, 0.3) is 0 Å². The van der Waals surface area contributed by atoms with Crippen LogP contribution in [0.4, 0.5) is 0 Å². The Labute approximate surface area is 150 Å². The van der Waals surface area contributed by atoms with E-state index in [2.05, 4.69) is 77.9 Å². The Balaban J connectivity index is 0.00000176. The van der Waals surface area contributed by atoms with Crippen LogP contribution in [-0.4, -0.2) is 0 Å². The van der Waals surface area contributed by atoms with Crippen molar-refractivity contribution in [3.05, 3.63) is 58.7 Å². The zero-order chi connectivity index (χ0) is 15.4. The van der Waals surface area contributed by atoms with Crippen molar-refractivity contribution in [2.24, 2.45) is 0 Å². The summed E-state index contributed by atoms with van der Waals surface area (Å²) in [5.41, 5.74) is 8.70. The van der Waals surface area contributed by atoms with E-state index in [1.54, 1.807) is 0 Å². The van der Waals surface area contributed by atoms with Gasteiger partial charge in [0.05, 0.1) is 0 Å². The van der Waals surface area contributed by atoms with Crippen molar-refractivity contribution in [1.82, 2.24) is 0 Å². The van der Waals surface area contributed by atoms with Crippen molar-refractivity contribution in [2.75, 3.05) is 0 Å². The molecule has 1 aliphatic carbocycles. The Hall–Kier alpha value is -0.846. The fraction of sp³-hybridized carbons (Fsp3) is 0.429. The van der Waals surface area contributed by atoms with Crippen LogP contribution >= 0.6 is 0 Å². The Morgan fingerprint density at radius 3 is 2.05 bits per heavy atom. The zero-order valence-electron chi connectivity index (χ0n) is 14.6. The molecular weight excluding hydrogens is 300 g/mol. The molecule has 0 amide bonds. The standard InChI is InChI=1S/C21H25.Ti/c1-20(2,3)16-7-9-18-14(12-16)11-15-13-17(21(4,5)6)8-10-19(15)18;/h7-10,12H,11H2,1-6H3;/q-1;. The third-order valence-electron chi connectivity index (χ3n) is 4.46. The number of hydrogen-bond donors (Lipinski definition) is 0. The molecule has 1 heteroatoms. The second-order valence-electron chi connectivity index (χ2n) is 8.31. The predicted octanol–water partition coefficient (Wildman–Crippen LogP) is 5.65. The van der Waals surface area contributed by atoms with E-state index < -0.39 is 0 Å². The minimum atomic E-state index is 0. The summed E-state index contributed by atoms with van der Waals surface area (Å²) in [5, 5.41) is 0. The van der Waals surface area contributed by atoms with E-state index in [1.165, 1.54) is 33.4 Å². The van der Waals surface area contributed by atoms with Gasteiger partial charge in [0.2, 0.25) is 0 Å². The number of hydrogen-bond acceptors (Lipinski definition) is 0. The average Bonchev–Trinajstić information content (AvgIpc) is 2.73. The molecular formula is C21H25Ti-. The Morgan fingerprint density at radius 2 is 1.45 bits per heavy atom. The van der Waals surface area contributed by atoms with Crippen LogP contribution in [0.15, 0.2) is 30.3 Å². The molecule has 1 aliphatic rings. The van der Waals surface area contributed by atoms with Crippen molar-refractivity contribution < 1.29 is 21.7 Å². The monoisotopic (exact) mass is 325 g/mol. The first kappa shape index (κ1) is 17.5.